The van der Waals surface area contributed by atoms with Crippen molar-refractivity contribution in [2.24, 2.45) is 0 Å². The summed E-state index contributed by atoms with van der Waals surface area (Å²) in [6.07, 6.45) is 9.45. The first-order valence-corrected chi connectivity index (χ1v) is 7.79. The van der Waals surface area contributed by atoms with Crippen molar-refractivity contribution in [2.75, 3.05) is 19.6 Å². The Morgan fingerprint density at radius 3 is 2.41 bits per heavy atom. The van der Waals surface area contributed by atoms with Crippen LogP contribution in [0, 0.1) is 0 Å². The molecule has 0 aromatic rings. The van der Waals surface area contributed by atoms with Crippen molar-refractivity contribution in [3.8, 4) is 0 Å². The molecule has 1 saturated carbocycles. The van der Waals surface area contributed by atoms with Crippen LogP contribution in [0.3, 0.4) is 0 Å². The lowest BCUT2D eigenvalue weighted by molar-refractivity contribution is 0.223. The lowest BCUT2D eigenvalue weighted by Gasteiger charge is -2.28. The molecule has 1 atom stereocenters. The highest BCUT2D eigenvalue weighted by Crippen LogP contribution is 2.27. The number of hydrogen-bond donors (Lipinski definition) is 1. The minimum absolute atomic E-state index is 0.720. The van der Waals surface area contributed by atoms with Gasteiger partial charge in [0.15, 0.2) is 0 Å². The van der Waals surface area contributed by atoms with Gasteiger partial charge >= 0.3 is 0 Å². The molecular weight excluding hydrogens is 208 g/mol. The zero-order valence-electron chi connectivity index (χ0n) is 12.2. The van der Waals surface area contributed by atoms with Gasteiger partial charge in [0, 0.05) is 18.6 Å². The van der Waals surface area contributed by atoms with Crippen molar-refractivity contribution in [3.05, 3.63) is 0 Å². The highest BCUT2D eigenvalue weighted by molar-refractivity contribution is 4.86. The summed E-state index contributed by atoms with van der Waals surface area (Å²) in [5.41, 5.74) is 0. The molecule has 1 aliphatic carbocycles. The minimum atomic E-state index is 0.720. The van der Waals surface area contributed by atoms with Crippen molar-refractivity contribution in [2.45, 2.75) is 77.8 Å². The second-order valence-electron chi connectivity index (χ2n) is 5.52. The summed E-state index contributed by atoms with van der Waals surface area (Å²) in [7, 11) is 0. The Labute approximate surface area is 108 Å². The van der Waals surface area contributed by atoms with Crippen LogP contribution < -0.4 is 5.32 Å². The van der Waals surface area contributed by atoms with E-state index in [4.69, 9.17) is 0 Å². The van der Waals surface area contributed by atoms with Crippen molar-refractivity contribution in [1.29, 1.82) is 0 Å². The Hall–Kier alpha value is -0.0800. The van der Waals surface area contributed by atoms with Crippen LogP contribution in [0.4, 0.5) is 0 Å². The highest BCUT2D eigenvalue weighted by Gasteiger charge is 2.29. The van der Waals surface area contributed by atoms with Gasteiger partial charge in [-0.25, -0.2) is 0 Å². The molecule has 1 N–H and O–H groups in total. The summed E-state index contributed by atoms with van der Waals surface area (Å²) < 4.78 is 0. The third-order valence-corrected chi connectivity index (χ3v) is 3.64. The monoisotopic (exact) mass is 240 g/mol. The van der Waals surface area contributed by atoms with Crippen molar-refractivity contribution >= 4 is 0 Å². The molecule has 1 aliphatic rings. The maximum absolute atomic E-state index is 3.72. The van der Waals surface area contributed by atoms with Crippen LogP contribution in [-0.4, -0.2) is 36.6 Å². The zero-order valence-corrected chi connectivity index (χ0v) is 12.2. The Morgan fingerprint density at radius 1 is 1.12 bits per heavy atom. The third-order valence-electron chi connectivity index (χ3n) is 3.64. The van der Waals surface area contributed by atoms with Gasteiger partial charge in [0.1, 0.15) is 0 Å². The Balaban J connectivity index is 2.31. The van der Waals surface area contributed by atoms with Crippen LogP contribution in [-0.2, 0) is 0 Å². The maximum Gasteiger partial charge on any atom is 0.0195 e. The number of nitrogens with one attached hydrogen (secondary N) is 1. The lowest BCUT2D eigenvalue weighted by atomic mass is 10.1. The molecular formula is C15H32N2. The average molecular weight is 240 g/mol. The van der Waals surface area contributed by atoms with E-state index in [1.807, 2.05) is 0 Å². The second-order valence-corrected chi connectivity index (χ2v) is 5.52. The summed E-state index contributed by atoms with van der Waals surface area (Å²) in [6.45, 7) is 10.6. The zero-order chi connectivity index (χ0) is 12.5. The van der Waals surface area contributed by atoms with Crippen molar-refractivity contribution in [1.82, 2.24) is 10.2 Å². The van der Waals surface area contributed by atoms with E-state index in [-0.39, 0.29) is 0 Å². The topological polar surface area (TPSA) is 15.3 Å². The van der Waals surface area contributed by atoms with Crippen LogP contribution >= 0.6 is 0 Å². The second kappa shape index (κ2) is 8.93. The molecule has 17 heavy (non-hydrogen) atoms. The minimum Gasteiger partial charge on any atom is -0.313 e. The maximum atomic E-state index is 3.72. The van der Waals surface area contributed by atoms with Crippen molar-refractivity contribution < 1.29 is 0 Å². The van der Waals surface area contributed by atoms with Gasteiger partial charge in [0.25, 0.3) is 0 Å². The normalized spacial score (nSPS) is 17.6. The molecule has 0 amide bonds. The van der Waals surface area contributed by atoms with Crippen LogP contribution in [0.5, 0.6) is 0 Å². The van der Waals surface area contributed by atoms with E-state index in [2.05, 4.69) is 31.0 Å². The highest BCUT2D eigenvalue weighted by atomic mass is 15.2. The number of hydrogen-bond acceptors (Lipinski definition) is 2. The van der Waals surface area contributed by atoms with Gasteiger partial charge in [-0.1, -0.05) is 33.6 Å². The van der Waals surface area contributed by atoms with Gasteiger partial charge in [-0.2, -0.15) is 0 Å². The summed E-state index contributed by atoms with van der Waals surface area (Å²) in [5.74, 6) is 0. The van der Waals surface area contributed by atoms with E-state index in [1.54, 1.807) is 0 Å². The van der Waals surface area contributed by atoms with Crippen molar-refractivity contribution in [3.63, 3.8) is 0 Å². The van der Waals surface area contributed by atoms with Crippen LogP contribution in [0.15, 0.2) is 0 Å². The number of unbranched alkanes of at least 4 members (excludes halogenated alkanes) is 1. The molecule has 1 rings (SSSR count). The molecule has 0 bridgehead atoms. The molecule has 0 radical (unpaired) electrons. The molecule has 102 valence electrons. The fourth-order valence-corrected chi connectivity index (χ4v) is 2.46. The van der Waals surface area contributed by atoms with Gasteiger partial charge in [-0.15, -0.1) is 0 Å². The summed E-state index contributed by atoms with van der Waals surface area (Å²) in [6, 6.07) is 1.64. The molecule has 2 nitrogen and oxygen atoms in total. The first kappa shape index (κ1) is 15.0. The molecule has 0 saturated heterocycles. The van der Waals surface area contributed by atoms with E-state index in [0.29, 0.717) is 0 Å². The summed E-state index contributed by atoms with van der Waals surface area (Å²) in [4.78, 5) is 2.74. The molecule has 0 spiro atoms. The number of rotatable bonds is 11. The third kappa shape index (κ3) is 6.42. The fraction of sp³-hybridized carbons (Fsp3) is 1.00. The Kier molecular flexibility index (Phi) is 7.87. The molecule has 0 aromatic heterocycles. The molecule has 1 unspecified atom stereocenters. The molecule has 2 heteroatoms. The van der Waals surface area contributed by atoms with E-state index in [1.165, 1.54) is 64.6 Å². The van der Waals surface area contributed by atoms with Crippen LogP contribution in [0.1, 0.15) is 65.7 Å². The quantitative estimate of drug-likeness (QED) is 0.595. The summed E-state index contributed by atoms with van der Waals surface area (Å²) in [5, 5.41) is 3.72. The fourth-order valence-electron chi connectivity index (χ4n) is 2.46. The van der Waals surface area contributed by atoms with E-state index in [9.17, 15) is 0 Å². The Morgan fingerprint density at radius 2 is 1.88 bits per heavy atom. The molecule has 0 aromatic carbocycles. The lowest BCUT2D eigenvalue weighted by Crippen LogP contribution is -2.42. The van der Waals surface area contributed by atoms with Gasteiger partial charge in [-0.05, 0) is 45.2 Å². The van der Waals surface area contributed by atoms with E-state index < -0.39 is 0 Å². The van der Waals surface area contributed by atoms with Gasteiger partial charge in [0.05, 0.1) is 0 Å². The van der Waals surface area contributed by atoms with E-state index in [0.717, 1.165) is 12.1 Å². The van der Waals surface area contributed by atoms with Gasteiger partial charge in [-0.3, -0.25) is 4.90 Å². The molecule has 0 aliphatic heterocycles. The predicted molar refractivity (Wildman–Crippen MR) is 76.5 cm³/mol. The van der Waals surface area contributed by atoms with E-state index >= 15 is 0 Å². The predicted octanol–water partition coefficient (Wildman–Crippen LogP) is 3.42. The van der Waals surface area contributed by atoms with Crippen LogP contribution in [0.2, 0.25) is 0 Å². The van der Waals surface area contributed by atoms with Gasteiger partial charge < -0.3 is 5.32 Å². The SMILES string of the molecule is CCCCN(CC(CCC)NCCC)C1CC1. The first-order chi connectivity index (χ1) is 8.31. The smallest absolute Gasteiger partial charge is 0.0195 e. The number of nitrogens with zero attached hydrogens (tertiary/aromatic N) is 1. The standard InChI is InChI=1S/C15H32N2/c1-4-7-12-17(15-9-10-15)13-14(8-5-2)16-11-6-3/h14-16H,4-13H2,1-3H3. The largest absolute Gasteiger partial charge is 0.313 e. The van der Waals surface area contributed by atoms with Crippen LogP contribution in [0.25, 0.3) is 0 Å². The molecule has 0 heterocycles. The Bertz CT molecular complexity index is 178. The molecule has 1 fully saturated rings. The van der Waals surface area contributed by atoms with Gasteiger partial charge in [0.2, 0.25) is 0 Å². The summed E-state index contributed by atoms with van der Waals surface area (Å²) >= 11 is 0. The first-order valence-electron chi connectivity index (χ1n) is 7.79. The average Bonchev–Trinajstić information content (AvgIpc) is 3.15.